The summed E-state index contributed by atoms with van der Waals surface area (Å²) in [6.45, 7) is 2.25. The van der Waals surface area contributed by atoms with Crippen LogP contribution in [-0.2, 0) is 0 Å². The maximum absolute atomic E-state index is 15.1. The Bertz CT molecular complexity index is 1130. The second kappa shape index (κ2) is 12.5. The highest BCUT2D eigenvalue weighted by Gasteiger charge is 2.24. The van der Waals surface area contributed by atoms with Crippen LogP contribution in [0.5, 0.6) is 5.75 Å². The van der Waals surface area contributed by atoms with Crippen LogP contribution in [0.1, 0.15) is 82.6 Å². The summed E-state index contributed by atoms with van der Waals surface area (Å²) in [6.07, 6.45) is 12.5. The van der Waals surface area contributed by atoms with E-state index in [2.05, 4.69) is 6.92 Å². The van der Waals surface area contributed by atoms with Gasteiger partial charge in [0.1, 0.15) is 5.82 Å². The first-order valence-electron chi connectivity index (χ1n) is 13.4. The van der Waals surface area contributed by atoms with Crippen LogP contribution in [0.15, 0.2) is 54.6 Å². The predicted octanol–water partition coefficient (Wildman–Crippen LogP) is 10.1. The summed E-state index contributed by atoms with van der Waals surface area (Å²) in [5.74, 6) is -1.12. The van der Waals surface area contributed by atoms with Gasteiger partial charge in [0.05, 0.1) is 7.11 Å². The van der Waals surface area contributed by atoms with Gasteiger partial charge in [0.2, 0.25) is 5.82 Å². The number of ether oxygens (including phenoxy) is 1. The molecule has 0 radical (unpaired) electrons. The lowest BCUT2D eigenvalue weighted by molar-refractivity contribution is 0.298. The van der Waals surface area contributed by atoms with Gasteiger partial charge in [0, 0.05) is 5.56 Å². The minimum Gasteiger partial charge on any atom is -0.494 e. The number of methoxy groups -OCH3 is 1. The van der Waals surface area contributed by atoms with Crippen molar-refractivity contribution in [3.63, 3.8) is 0 Å². The number of benzene rings is 3. The van der Waals surface area contributed by atoms with E-state index in [1.807, 2.05) is 24.3 Å². The van der Waals surface area contributed by atoms with Crippen LogP contribution in [0.25, 0.3) is 22.3 Å². The van der Waals surface area contributed by atoms with Gasteiger partial charge in [0.25, 0.3) is 0 Å². The van der Waals surface area contributed by atoms with Crippen LogP contribution >= 0.6 is 0 Å². The van der Waals surface area contributed by atoms with E-state index in [0.29, 0.717) is 11.5 Å². The van der Waals surface area contributed by atoms with E-state index < -0.39 is 11.6 Å². The molecule has 0 N–H and O–H groups in total. The molecule has 0 heterocycles. The lowest BCUT2D eigenvalue weighted by atomic mass is 9.76. The van der Waals surface area contributed by atoms with Gasteiger partial charge in [-0.25, -0.2) is 8.78 Å². The van der Waals surface area contributed by atoms with Gasteiger partial charge in [-0.3, -0.25) is 0 Å². The van der Waals surface area contributed by atoms with Crippen molar-refractivity contribution in [1.82, 2.24) is 0 Å². The van der Waals surface area contributed by atoms with Crippen molar-refractivity contribution in [2.45, 2.75) is 77.0 Å². The molecule has 3 aromatic rings. The van der Waals surface area contributed by atoms with Crippen molar-refractivity contribution < 1.29 is 17.9 Å². The highest BCUT2D eigenvalue weighted by molar-refractivity contribution is 5.71. The summed E-state index contributed by atoms with van der Waals surface area (Å²) in [4.78, 5) is 0. The predicted molar refractivity (Wildman–Crippen MR) is 142 cm³/mol. The van der Waals surface area contributed by atoms with Crippen LogP contribution < -0.4 is 4.74 Å². The van der Waals surface area contributed by atoms with Gasteiger partial charge in [-0.05, 0) is 78.0 Å². The van der Waals surface area contributed by atoms with Crippen molar-refractivity contribution >= 4 is 0 Å². The Morgan fingerprint density at radius 2 is 1.39 bits per heavy atom. The highest BCUT2D eigenvalue weighted by Crippen LogP contribution is 2.39. The third-order valence-electron chi connectivity index (χ3n) is 7.80. The molecular weight excluding hydrogens is 457 g/mol. The zero-order valence-corrected chi connectivity index (χ0v) is 21.5. The molecule has 0 aliphatic heterocycles. The molecule has 192 valence electrons. The number of rotatable bonds is 10. The fourth-order valence-corrected chi connectivity index (χ4v) is 5.59. The van der Waals surface area contributed by atoms with E-state index in [9.17, 15) is 8.78 Å². The maximum atomic E-state index is 15.1. The van der Waals surface area contributed by atoms with E-state index >= 15 is 4.39 Å². The van der Waals surface area contributed by atoms with Crippen molar-refractivity contribution in [2.24, 2.45) is 5.92 Å². The number of halogens is 3. The van der Waals surface area contributed by atoms with E-state index in [4.69, 9.17) is 4.74 Å². The van der Waals surface area contributed by atoms with Crippen molar-refractivity contribution in [2.75, 3.05) is 7.11 Å². The second-order valence-electron chi connectivity index (χ2n) is 10.2. The van der Waals surface area contributed by atoms with Crippen LogP contribution in [0.4, 0.5) is 13.2 Å². The lowest BCUT2D eigenvalue weighted by Crippen LogP contribution is -2.14. The summed E-state index contributed by atoms with van der Waals surface area (Å²) < 4.78 is 48.5. The van der Waals surface area contributed by atoms with Gasteiger partial charge in [-0.1, -0.05) is 81.8 Å². The normalized spacial score (nSPS) is 17.8. The SMILES string of the molecule is CCCCCCCC1CCC(c2ccc(-c3ccc(-c4ccc(OC)c(F)c4F)cc3)cc2F)CC1. The Balaban J connectivity index is 1.38. The highest BCUT2D eigenvalue weighted by atomic mass is 19.2. The Hall–Kier alpha value is -2.75. The molecule has 0 spiro atoms. The van der Waals surface area contributed by atoms with Gasteiger partial charge >= 0.3 is 0 Å². The van der Waals surface area contributed by atoms with Crippen LogP contribution in [0, 0.1) is 23.4 Å². The molecule has 4 rings (SSSR count). The Labute approximate surface area is 213 Å². The third-order valence-corrected chi connectivity index (χ3v) is 7.80. The Morgan fingerprint density at radius 1 is 0.722 bits per heavy atom. The number of hydrogen-bond acceptors (Lipinski definition) is 1. The summed E-state index contributed by atoms with van der Waals surface area (Å²) in [5.41, 5.74) is 3.16. The molecule has 0 amide bonds. The van der Waals surface area contributed by atoms with Gasteiger partial charge < -0.3 is 4.74 Å². The topological polar surface area (TPSA) is 9.23 Å². The van der Waals surface area contributed by atoms with E-state index in [1.54, 1.807) is 18.2 Å². The number of unbranched alkanes of at least 4 members (excludes halogenated alkanes) is 4. The molecule has 1 nitrogen and oxygen atoms in total. The fourth-order valence-electron chi connectivity index (χ4n) is 5.59. The van der Waals surface area contributed by atoms with Gasteiger partial charge in [0.15, 0.2) is 11.6 Å². The lowest BCUT2D eigenvalue weighted by Gasteiger charge is -2.29. The van der Waals surface area contributed by atoms with Crippen LogP contribution in [0.3, 0.4) is 0 Å². The molecule has 0 aromatic heterocycles. The molecule has 1 saturated carbocycles. The van der Waals surface area contributed by atoms with Crippen molar-refractivity contribution in [3.8, 4) is 28.0 Å². The molecule has 0 saturated heterocycles. The standard InChI is InChI=1S/C32H37F3O/c1-3-4-5-6-7-8-22-9-11-24(12-10-22)27-18-17-26(21-29(27)33)23-13-15-25(16-14-23)28-19-20-30(36-2)32(35)31(28)34/h13-22,24H,3-12H2,1-2H3. The molecule has 36 heavy (non-hydrogen) atoms. The first-order valence-corrected chi connectivity index (χ1v) is 13.4. The molecule has 0 atom stereocenters. The van der Waals surface area contributed by atoms with E-state index in [0.717, 1.165) is 35.4 Å². The second-order valence-corrected chi connectivity index (χ2v) is 10.2. The van der Waals surface area contributed by atoms with Gasteiger partial charge in [-0.15, -0.1) is 0 Å². The summed E-state index contributed by atoms with van der Waals surface area (Å²) in [6, 6.07) is 15.5. The van der Waals surface area contributed by atoms with E-state index in [-0.39, 0.29) is 17.1 Å². The molecule has 1 aliphatic carbocycles. The van der Waals surface area contributed by atoms with E-state index in [1.165, 1.54) is 70.6 Å². The van der Waals surface area contributed by atoms with Crippen molar-refractivity contribution in [1.29, 1.82) is 0 Å². The maximum Gasteiger partial charge on any atom is 0.201 e. The molecular formula is C32H37F3O. The zero-order valence-electron chi connectivity index (χ0n) is 21.5. The summed E-state index contributed by atoms with van der Waals surface area (Å²) in [7, 11) is 1.30. The molecule has 0 bridgehead atoms. The van der Waals surface area contributed by atoms with Crippen LogP contribution in [-0.4, -0.2) is 7.11 Å². The molecule has 3 aromatic carbocycles. The third kappa shape index (κ3) is 6.14. The largest absolute Gasteiger partial charge is 0.494 e. The molecule has 1 aliphatic rings. The first-order chi connectivity index (χ1) is 17.5. The Kier molecular flexibility index (Phi) is 9.12. The average Bonchev–Trinajstić information content (AvgIpc) is 2.91. The Morgan fingerprint density at radius 3 is 2.06 bits per heavy atom. The molecule has 1 fully saturated rings. The number of hydrogen-bond donors (Lipinski definition) is 0. The van der Waals surface area contributed by atoms with Crippen molar-refractivity contribution in [3.05, 3.63) is 77.6 Å². The van der Waals surface area contributed by atoms with Gasteiger partial charge in [-0.2, -0.15) is 4.39 Å². The monoisotopic (exact) mass is 494 g/mol. The minimum atomic E-state index is -1.00. The fraction of sp³-hybridized carbons (Fsp3) is 0.438. The minimum absolute atomic E-state index is 0.126. The van der Waals surface area contributed by atoms with Crippen LogP contribution in [0.2, 0.25) is 0 Å². The smallest absolute Gasteiger partial charge is 0.201 e. The zero-order chi connectivity index (χ0) is 25.5. The molecule has 4 heteroatoms. The summed E-state index contributed by atoms with van der Waals surface area (Å²) >= 11 is 0. The summed E-state index contributed by atoms with van der Waals surface area (Å²) in [5, 5.41) is 0. The molecule has 0 unspecified atom stereocenters. The first kappa shape index (κ1) is 26.3. The average molecular weight is 495 g/mol. The quantitative estimate of drug-likeness (QED) is 0.255.